The summed E-state index contributed by atoms with van der Waals surface area (Å²) in [5.41, 5.74) is 8.03. The van der Waals surface area contributed by atoms with E-state index in [1.165, 1.54) is 16.7 Å². The smallest absolute Gasteiger partial charge is 0.188 e. The van der Waals surface area contributed by atoms with Gasteiger partial charge in [-0.2, -0.15) is 5.10 Å². The largest absolute Gasteiger partial charge is 0.344 e. The number of hydrogen-bond acceptors (Lipinski definition) is 6. The first-order chi connectivity index (χ1) is 14.3. The van der Waals surface area contributed by atoms with Crippen LogP contribution in [0.1, 0.15) is 50.3 Å². The molecule has 5 rings (SSSR count). The number of piperazine rings is 1. The minimum atomic E-state index is 0.356. The normalized spacial score (nSPS) is 20.2. The molecule has 0 amide bonds. The van der Waals surface area contributed by atoms with Crippen LogP contribution < -0.4 is 10.2 Å². The number of anilines is 1. The fraction of sp³-hybridized carbons (Fsp3) is 0.500. The Balaban J connectivity index is 1.66. The molecule has 0 saturated carbocycles. The van der Waals surface area contributed by atoms with Crippen molar-refractivity contribution in [2.24, 2.45) is 0 Å². The van der Waals surface area contributed by atoms with Crippen molar-refractivity contribution >= 4 is 32.5 Å². The van der Waals surface area contributed by atoms with Crippen molar-refractivity contribution in [3.63, 3.8) is 0 Å². The topological polar surface area (TPSA) is 74.1 Å². The van der Waals surface area contributed by atoms with E-state index < -0.39 is 0 Å². The standard InChI is InChI=1S/C22H29N7S/c1-11(2)17-18(16-9-29-20(24-10-25-29)15(6)14(16)5)26-21-19(17)27-22(30-21)28-8-12(3)23-7-13(28)4/h9-13,23,26H,7-8H2,1-6H3/t12-,13+/m1/s1. The maximum absolute atomic E-state index is 5.14. The summed E-state index contributed by atoms with van der Waals surface area (Å²) >= 11 is 1.77. The lowest BCUT2D eigenvalue weighted by Gasteiger charge is -2.37. The molecule has 0 aliphatic carbocycles. The fourth-order valence-corrected chi connectivity index (χ4v) is 5.61. The molecule has 0 unspecified atom stereocenters. The number of aromatic amines is 1. The monoisotopic (exact) mass is 423 g/mol. The van der Waals surface area contributed by atoms with E-state index in [2.05, 4.69) is 73.0 Å². The molecule has 4 aromatic rings. The summed E-state index contributed by atoms with van der Waals surface area (Å²) in [4.78, 5) is 16.9. The highest BCUT2D eigenvalue weighted by atomic mass is 32.1. The molecule has 8 heteroatoms. The van der Waals surface area contributed by atoms with Gasteiger partial charge in [0.15, 0.2) is 10.8 Å². The molecule has 7 nitrogen and oxygen atoms in total. The lowest BCUT2D eigenvalue weighted by Crippen LogP contribution is -2.54. The first-order valence-corrected chi connectivity index (χ1v) is 11.5. The molecule has 1 saturated heterocycles. The Kier molecular flexibility index (Phi) is 4.59. The molecule has 158 valence electrons. The third-order valence-electron chi connectivity index (χ3n) is 6.36. The molecule has 4 aromatic heterocycles. The Hall–Kier alpha value is -2.45. The average molecular weight is 424 g/mol. The molecule has 0 spiro atoms. The van der Waals surface area contributed by atoms with Crippen molar-refractivity contribution in [3.8, 4) is 11.3 Å². The average Bonchev–Trinajstić information content (AvgIpc) is 3.39. The number of nitrogens with zero attached hydrogens (tertiary/aromatic N) is 5. The summed E-state index contributed by atoms with van der Waals surface area (Å²) in [6.45, 7) is 15.3. The van der Waals surface area contributed by atoms with Gasteiger partial charge in [-0.1, -0.05) is 25.2 Å². The van der Waals surface area contributed by atoms with Crippen LogP contribution in [0, 0.1) is 13.8 Å². The second kappa shape index (κ2) is 7.06. The second-order valence-corrected chi connectivity index (χ2v) is 9.85. The van der Waals surface area contributed by atoms with Gasteiger partial charge < -0.3 is 15.2 Å². The van der Waals surface area contributed by atoms with E-state index in [0.717, 1.165) is 45.5 Å². The molecule has 1 aliphatic heterocycles. The van der Waals surface area contributed by atoms with Crippen LogP contribution in [0.5, 0.6) is 0 Å². The van der Waals surface area contributed by atoms with Crippen molar-refractivity contribution in [3.05, 3.63) is 29.2 Å². The lowest BCUT2D eigenvalue weighted by molar-refractivity contribution is 0.425. The predicted molar refractivity (Wildman–Crippen MR) is 124 cm³/mol. The summed E-state index contributed by atoms with van der Waals surface area (Å²) in [6, 6.07) is 0.918. The number of H-pyrrole nitrogens is 1. The van der Waals surface area contributed by atoms with Crippen molar-refractivity contribution in [2.45, 2.75) is 59.5 Å². The zero-order chi connectivity index (χ0) is 21.2. The summed E-state index contributed by atoms with van der Waals surface area (Å²) in [6.07, 6.45) is 3.71. The third-order valence-corrected chi connectivity index (χ3v) is 7.37. The second-order valence-electron chi connectivity index (χ2n) is 8.87. The first-order valence-electron chi connectivity index (χ1n) is 10.7. The van der Waals surface area contributed by atoms with Gasteiger partial charge in [0, 0.05) is 42.5 Å². The summed E-state index contributed by atoms with van der Waals surface area (Å²) < 4.78 is 1.87. The Morgan fingerprint density at radius 1 is 1.20 bits per heavy atom. The van der Waals surface area contributed by atoms with Gasteiger partial charge >= 0.3 is 0 Å². The van der Waals surface area contributed by atoms with Crippen LogP contribution in [0.4, 0.5) is 5.13 Å². The maximum Gasteiger partial charge on any atom is 0.188 e. The maximum atomic E-state index is 5.14. The van der Waals surface area contributed by atoms with E-state index in [-0.39, 0.29) is 0 Å². The minimum Gasteiger partial charge on any atom is -0.344 e. The molecule has 1 aliphatic rings. The van der Waals surface area contributed by atoms with Gasteiger partial charge in [0.1, 0.15) is 16.7 Å². The zero-order valence-corrected chi connectivity index (χ0v) is 19.3. The number of aromatic nitrogens is 5. The number of pyridine rings is 1. The number of hydrogen-bond donors (Lipinski definition) is 2. The van der Waals surface area contributed by atoms with Crippen molar-refractivity contribution in [1.82, 2.24) is 29.9 Å². The molecule has 0 bridgehead atoms. The Labute approximate surface area is 180 Å². The van der Waals surface area contributed by atoms with Gasteiger partial charge in [-0.3, -0.25) is 0 Å². The van der Waals surface area contributed by atoms with E-state index in [0.29, 0.717) is 18.0 Å². The van der Waals surface area contributed by atoms with Crippen LogP contribution in [0.2, 0.25) is 0 Å². The summed E-state index contributed by atoms with van der Waals surface area (Å²) in [5.74, 6) is 0.356. The van der Waals surface area contributed by atoms with Crippen molar-refractivity contribution < 1.29 is 0 Å². The highest BCUT2D eigenvalue weighted by Crippen LogP contribution is 2.41. The van der Waals surface area contributed by atoms with Crippen molar-refractivity contribution in [1.29, 1.82) is 0 Å². The van der Waals surface area contributed by atoms with Gasteiger partial charge in [-0.05, 0) is 44.7 Å². The van der Waals surface area contributed by atoms with Crippen LogP contribution in [-0.2, 0) is 0 Å². The molecule has 0 aromatic carbocycles. The number of thiazole rings is 1. The van der Waals surface area contributed by atoms with Crippen molar-refractivity contribution in [2.75, 3.05) is 18.0 Å². The Bertz CT molecular complexity index is 1230. The Morgan fingerprint density at radius 2 is 2.00 bits per heavy atom. The quantitative estimate of drug-likeness (QED) is 0.515. The van der Waals surface area contributed by atoms with Gasteiger partial charge in [-0.25, -0.2) is 14.5 Å². The van der Waals surface area contributed by atoms with Gasteiger partial charge in [0.2, 0.25) is 0 Å². The third kappa shape index (κ3) is 2.93. The van der Waals surface area contributed by atoms with E-state index in [1.54, 1.807) is 17.7 Å². The molecular weight excluding hydrogens is 394 g/mol. The van der Waals surface area contributed by atoms with Crippen LogP contribution in [0.15, 0.2) is 12.5 Å². The predicted octanol–water partition coefficient (Wildman–Crippen LogP) is 4.26. The van der Waals surface area contributed by atoms with E-state index in [1.807, 2.05) is 4.52 Å². The Morgan fingerprint density at radius 3 is 2.77 bits per heavy atom. The fourth-order valence-electron chi connectivity index (χ4n) is 4.51. The highest BCUT2D eigenvalue weighted by molar-refractivity contribution is 7.21. The molecule has 2 atom stereocenters. The number of fused-ring (bicyclic) bond motifs is 2. The SMILES string of the molecule is Cc1c(-c2[nH]c3sc(N4C[C@@H](C)NC[C@@H]4C)nc3c2C(C)C)cn2ncnc2c1C. The summed E-state index contributed by atoms with van der Waals surface area (Å²) in [7, 11) is 0. The minimum absolute atomic E-state index is 0.356. The first kappa shape index (κ1) is 19.5. The highest BCUT2D eigenvalue weighted by Gasteiger charge is 2.28. The van der Waals surface area contributed by atoms with Gasteiger partial charge in [0.05, 0.1) is 5.69 Å². The number of aryl methyl sites for hydroxylation is 1. The molecule has 1 fully saturated rings. The molecule has 2 N–H and O–H groups in total. The van der Waals surface area contributed by atoms with Crippen LogP contribution >= 0.6 is 11.3 Å². The van der Waals surface area contributed by atoms with Crippen LogP contribution in [0.25, 0.3) is 27.3 Å². The van der Waals surface area contributed by atoms with E-state index >= 15 is 0 Å². The summed E-state index contributed by atoms with van der Waals surface area (Å²) in [5, 5.41) is 9.05. The molecule has 30 heavy (non-hydrogen) atoms. The number of rotatable bonds is 3. The van der Waals surface area contributed by atoms with Crippen LogP contribution in [-0.4, -0.2) is 49.7 Å². The van der Waals surface area contributed by atoms with E-state index in [9.17, 15) is 0 Å². The zero-order valence-electron chi connectivity index (χ0n) is 18.4. The molecular formula is C22H29N7S. The van der Waals surface area contributed by atoms with Gasteiger partial charge in [-0.15, -0.1) is 0 Å². The van der Waals surface area contributed by atoms with Gasteiger partial charge in [0.25, 0.3) is 0 Å². The van der Waals surface area contributed by atoms with Crippen LogP contribution in [0.3, 0.4) is 0 Å². The lowest BCUT2D eigenvalue weighted by atomic mass is 9.96. The molecule has 0 radical (unpaired) electrons. The number of nitrogens with one attached hydrogen (secondary N) is 2. The van der Waals surface area contributed by atoms with E-state index in [4.69, 9.17) is 4.98 Å². The molecule has 5 heterocycles.